The van der Waals surface area contributed by atoms with Crippen molar-refractivity contribution in [2.45, 2.75) is 19.1 Å². The van der Waals surface area contributed by atoms with Gasteiger partial charge < -0.3 is 5.32 Å². The van der Waals surface area contributed by atoms with Crippen LogP contribution in [-0.2, 0) is 12.7 Å². The van der Waals surface area contributed by atoms with Crippen LogP contribution in [0.2, 0.25) is 0 Å². The molecular weight excluding hydrogens is 234 g/mol. The third-order valence-electron chi connectivity index (χ3n) is 2.22. The van der Waals surface area contributed by atoms with Crippen LogP contribution in [0.5, 0.6) is 0 Å². The lowest BCUT2D eigenvalue weighted by Gasteiger charge is -2.13. The molecule has 0 fully saturated rings. The molecule has 1 aromatic rings. The van der Waals surface area contributed by atoms with Gasteiger partial charge in [-0.2, -0.15) is 13.2 Å². The third kappa shape index (κ3) is 4.19. The molecule has 0 atom stereocenters. The van der Waals surface area contributed by atoms with Gasteiger partial charge in [0.2, 0.25) is 0 Å². The standard InChI is InChI=1S/C12H13F4N/c1-2-3-6-17-8-9-4-5-10(13)7-11(9)12(14,15)16/h2,4-5,7,17H,1,3,6,8H2. The van der Waals surface area contributed by atoms with Crippen LogP contribution in [0.15, 0.2) is 30.9 Å². The van der Waals surface area contributed by atoms with Gasteiger partial charge in [-0.3, -0.25) is 0 Å². The number of nitrogens with one attached hydrogen (secondary N) is 1. The molecule has 1 N–H and O–H groups in total. The average Bonchev–Trinajstić information content (AvgIpc) is 2.25. The molecule has 0 spiro atoms. The zero-order valence-electron chi connectivity index (χ0n) is 9.15. The minimum atomic E-state index is -4.53. The molecule has 0 saturated heterocycles. The summed E-state index contributed by atoms with van der Waals surface area (Å²) in [5, 5.41) is 2.84. The molecule has 1 rings (SSSR count). The first-order valence-electron chi connectivity index (χ1n) is 5.12. The predicted molar refractivity (Wildman–Crippen MR) is 57.9 cm³/mol. The van der Waals surface area contributed by atoms with Gasteiger partial charge in [0.05, 0.1) is 5.56 Å². The Morgan fingerprint density at radius 3 is 2.59 bits per heavy atom. The van der Waals surface area contributed by atoms with Crippen LogP contribution in [0.1, 0.15) is 17.5 Å². The zero-order chi connectivity index (χ0) is 12.9. The highest BCUT2D eigenvalue weighted by Crippen LogP contribution is 2.32. The minimum Gasteiger partial charge on any atom is -0.312 e. The van der Waals surface area contributed by atoms with E-state index in [0.29, 0.717) is 19.0 Å². The molecule has 17 heavy (non-hydrogen) atoms. The number of rotatable bonds is 5. The Balaban J connectivity index is 2.80. The normalized spacial score (nSPS) is 11.5. The molecule has 0 radical (unpaired) electrons. The summed E-state index contributed by atoms with van der Waals surface area (Å²) in [4.78, 5) is 0. The first-order chi connectivity index (χ1) is 7.95. The first kappa shape index (κ1) is 13.7. The van der Waals surface area contributed by atoms with E-state index in [0.717, 1.165) is 12.1 Å². The van der Waals surface area contributed by atoms with E-state index in [1.165, 1.54) is 0 Å². The quantitative estimate of drug-likeness (QED) is 0.477. The van der Waals surface area contributed by atoms with E-state index in [4.69, 9.17) is 0 Å². The Morgan fingerprint density at radius 1 is 1.29 bits per heavy atom. The number of hydrogen-bond acceptors (Lipinski definition) is 1. The van der Waals surface area contributed by atoms with E-state index in [9.17, 15) is 17.6 Å². The van der Waals surface area contributed by atoms with Crippen LogP contribution in [0.4, 0.5) is 17.6 Å². The summed E-state index contributed by atoms with van der Waals surface area (Å²) < 4.78 is 50.6. The summed E-state index contributed by atoms with van der Waals surface area (Å²) in [6, 6.07) is 2.70. The molecule has 0 heterocycles. The SMILES string of the molecule is C=CCCNCc1ccc(F)cc1C(F)(F)F. The number of alkyl halides is 3. The molecule has 0 aliphatic heterocycles. The lowest BCUT2D eigenvalue weighted by Crippen LogP contribution is -2.18. The van der Waals surface area contributed by atoms with Crippen LogP contribution in [-0.4, -0.2) is 6.54 Å². The summed E-state index contributed by atoms with van der Waals surface area (Å²) in [5.41, 5.74) is -0.883. The van der Waals surface area contributed by atoms with E-state index in [-0.39, 0.29) is 12.1 Å². The molecule has 0 unspecified atom stereocenters. The maximum absolute atomic E-state index is 12.8. The summed E-state index contributed by atoms with van der Waals surface area (Å²) in [7, 11) is 0. The summed E-state index contributed by atoms with van der Waals surface area (Å²) in [6.07, 6.45) is -2.19. The lowest BCUT2D eigenvalue weighted by atomic mass is 10.1. The third-order valence-corrected chi connectivity index (χ3v) is 2.22. The Kier molecular flexibility index (Phi) is 4.69. The Bertz CT molecular complexity index is 385. The van der Waals surface area contributed by atoms with Crippen LogP contribution in [0.25, 0.3) is 0 Å². The van der Waals surface area contributed by atoms with Gasteiger partial charge in [0, 0.05) is 6.54 Å². The van der Waals surface area contributed by atoms with E-state index < -0.39 is 17.6 Å². The van der Waals surface area contributed by atoms with Gasteiger partial charge in [0.25, 0.3) is 0 Å². The van der Waals surface area contributed by atoms with E-state index in [1.807, 2.05) is 0 Å². The van der Waals surface area contributed by atoms with Gasteiger partial charge in [0.1, 0.15) is 5.82 Å². The minimum absolute atomic E-state index is 0.0444. The molecular formula is C12H13F4N. The van der Waals surface area contributed by atoms with Crippen molar-refractivity contribution < 1.29 is 17.6 Å². The maximum atomic E-state index is 12.8. The highest BCUT2D eigenvalue weighted by atomic mass is 19.4. The average molecular weight is 247 g/mol. The molecule has 0 aromatic heterocycles. The van der Waals surface area contributed by atoms with Crippen LogP contribution in [0, 0.1) is 5.82 Å². The van der Waals surface area contributed by atoms with Gasteiger partial charge in [0.15, 0.2) is 0 Å². The summed E-state index contributed by atoms with van der Waals surface area (Å²) in [6.45, 7) is 4.10. The Hall–Kier alpha value is -1.36. The molecule has 0 saturated carbocycles. The molecule has 0 aliphatic rings. The van der Waals surface area contributed by atoms with Gasteiger partial charge in [-0.1, -0.05) is 12.1 Å². The fourth-order valence-electron chi connectivity index (χ4n) is 1.39. The van der Waals surface area contributed by atoms with Crippen LogP contribution >= 0.6 is 0 Å². The molecule has 5 heteroatoms. The number of halogens is 4. The van der Waals surface area contributed by atoms with Crippen LogP contribution in [0.3, 0.4) is 0 Å². The Morgan fingerprint density at radius 2 is 2.00 bits per heavy atom. The van der Waals surface area contributed by atoms with Crippen molar-refractivity contribution in [1.29, 1.82) is 0 Å². The van der Waals surface area contributed by atoms with Gasteiger partial charge in [-0.25, -0.2) is 4.39 Å². The topological polar surface area (TPSA) is 12.0 Å². The predicted octanol–water partition coefficient (Wildman–Crippen LogP) is 3.51. The van der Waals surface area contributed by atoms with Gasteiger partial charge in [-0.05, 0) is 30.7 Å². The molecule has 1 aromatic carbocycles. The fourth-order valence-corrected chi connectivity index (χ4v) is 1.39. The van der Waals surface area contributed by atoms with Gasteiger partial charge >= 0.3 is 6.18 Å². The largest absolute Gasteiger partial charge is 0.416 e. The maximum Gasteiger partial charge on any atom is 0.416 e. The summed E-state index contributed by atoms with van der Waals surface area (Å²) >= 11 is 0. The number of hydrogen-bond donors (Lipinski definition) is 1. The van der Waals surface area contributed by atoms with Crippen molar-refractivity contribution in [3.8, 4) is 0 Å². The second-order valence-corrected chi connectivity index (χ2v) is 3.55. The Labute approximate surface area is 97.1 Å². The molecule has 1 nitrogen and oxygen atoms in total. The van der Waals surface area contributed by atoms with Crippen molar-refractivity contribution in [2.24, 2.45) is 0 Å². The van der Waals surface area contributed by atoms with E-state index in [2.05, 4.69) is 11.9 Å². The van der Waals surface area contributed by atoms with Crippen molar-refractivity contribution in [1.82, 2.24) is 5.32 Å². The second-order valence-electron chi connectivity index (χ2n) is 3.55. The first-order valence-corrected chi connectivity index (χ1v) is 5.12. The molecule has 0 aliphatic carbocycles. The molecule has 0 amide bonds. The van der Waals surface area contributed by atoms with Gasteiger partial charge in [-0.15, -0.1) is 6.58 Å². The van der Waals surface area contributed by atoms with Crippen molar-refractivity contribution in [3.05, 3.63) is 47.8 Å². The molecule has 94 valence electrons. The second kappa shape index (κ2) is 5.82. The highest BCUT2D eigenvalue weighted by molar-refractivity contribution is 5.30. The fraction of sp³-hybridized carbons (Fsp3) is 0.333. The molecule has 0 bridgehead atoms. The van der Waals surface area contributed by atoms with E-state index >= 15 is 0 Å². The number of benzene rings is 1. The lowest BCUT2D eigenvalue weighted by molar-refractivity contribution is -0.138. The van der Waals surface area contributed by atoms with E-state index in [1.54, 1.807) is 6.08 Å². The van der Waals surface area contributed by atoms with Crippen molar-refractivity contribution in [3.63, 3.8) is 0 Å². The zero-order valence-corrected chi connectivity index (χ0v) is 9.15. The smallest absolute Gasteiger partial charge is 0.312 e. The van der Waals surface area contributed by atoms with Crippen LogP contribution < -0.4 is 5.32 Å². The highest BCUT2D eigenvalue weighted by Gasteiger charge is 2.33. The monoisotopic (exact) mass is 247 g/mol. The van der Waals surface area contributed by atoms with Crippen molar-refractivity contribution >= 4 is 0 Å². The van der Waals surface area contributed by atoms with Crippen molar-refractivity contribution in [2.75, 3.05) is 6.54 Å². The summed E-state index contributed by atoms with van der Waals surface area (Å²) in [5.74, 6) is -0.882.